The van der Waals surface area contributed by atoms with Crippen molar-refractivity contribution in [3.63, 3.8) is 0 Å². The van der Waals surface area contributed by atoms with Crippen molar-refractivity contribution < 1.29 is 0 Å². The number of benzene rings is 6. The highest BCUT2D eigenvalue weighted by atomic mass is 14.2. The van der Waals surface area contributed by atoms with E-state index in [1.165, 1.54) is 54.6 Å². The Kier molecular flexibility index (Phi) is 3.89. The predicted octanol–water partition coefficient (Wildman–Crippen LogP) is 8.17. The number of rotatable bonds is 3. The summed E-state index contributed by atoms with van der Waals surface area (Å²) in [6.07, 6.45) is 2.31. The fourth-order valence-corrected chi connectivity index (χ4v) is 4.62. The number of hydrogen-bond acceptors (Lipinski definition) is 0. The normalized spacial score (nSPS) is 12.2. The van der Waals surface area contributed by atoms with Crippen LogP contribution in [0.1, 0.15) is 16.7 Å². The molecule has 0 N–H and O–H groups in total. The van der Waals surface area contributed by atoms with E-state index in [1.807, 2.05) is 0 Å². The van der Waals surface area contributed by atoms with Gasteiger partial charge in [0.2, 0.25) is 0 Å². The fraction of sp³-hybridized carbons (Fsp3) is 0. The largest absolute Gasteiger partial charge is 0.0622 e. The van der Waals surface area contributed by atoms with Crippen molar-refractivity contribution in [3.8, 4) is 0 Å². The molecule has 0 aliphatic rings. The zero-order valence-electron chi connectivity index (χ0n) is 16.5. The van der Waals surface area contributed by atoms with Gasteiger partial charge >= 0.3 is 0 Å². The third-order valence-corrected chi connectivity index (χ3v) is 6.01. The summed E-state index contributed by atoms with van der Waals surface area (Å²) in [5, 5.41) is 7.93. The highest BCUT2D eigenvalue weighted by molar-refractivity contribution is 6.25. The van der Waals surface area contributed by atoms with E-state index in [0.29, 0.717) is 0 Å². The molecule has 0 saturated heterocycles. The molecule has 0 nitrogen and oxygen atoms in total. The monoisotopic (exact) mass is 380 g/mol. The van der Waals surface area contributed by atoms with Gasteiger partial charge in [0.15, 0.2) is 0 Å². The minimum atomic E-state index is 1.21. The lowest BCUT2D eigenvalue weighted by molar-refractivity contribution is 1.58. The summed E-state index contributed by atoms with van der Waals surface area (Å²) < 4.78 is 0. The van der Waals surface area contributed by atoms with Crippen LogP contribution in [0.15, 0.2) is 115 Å². The van der Waals surface area contributed by atoms with Gasteiger partial charge in [0.25, 0.3) is 0 Å². The Bertz CT molecular complexity index is 1490. The average molecular weight is 380 g/mol. The molecule has 0 saturated carbocycles. The van der Waals surface area contributed by atoms with Crippen LogP contribution in [0.5, 0.6) is 0 Å². The molecule has 0 aromatic heterocycles. The van der Waals surface area contributed by atoms with Gasteiger partial charge < -0.3 is 0 Å². The summed E-state index contributed by atoms with van der Waals surface area (Å²) >= 11 is 0. The molecule has 0 amide bonds. The molecule has 6 rings (SSSR count). The Balaban J connectivity index is 1.71. The maximum Gasteiger partial charge on any atom is -0.00206 e. The van der Waals surface area contributed by atoms with E-state index in [2.05, 4.69) is 121 Å². The molecule has 0 radical (unpaired) electrons. The van der Waals surface area contributed by atoms with Crippen molar-refractivity contribution in [1.82, 2.24) is 0 Å². The van der Waals surface area contributed by atoms with Gasteiger partial charge in [-0.15, -0.1) is 0 Å². The molecule has 140 valence electrons. The van der Waals surface area contributed by atoms with Crippen molar-refractivity contribution in [2.45, 2.75) is 0 Å². The zero-order valence-corrected chi connectivity index (χ0v) is 16.5. The van der Waals surface area contributed by atoms with E-state index in [-0.39, 0.29) is 0 Å². The molecule has 0 bridgehead atoms. The molecule has 0 aliphatic carbocycles. The highest BCUT2D eigenvalue weighted by Crippen LogP contribution is 2.39. The van der Waals surface area contributed by atoms with Gasteiger partial charge in [0.05, 0.1) is 0 Å². The Morgan fingerprint density at radius 3 is 1.80 bits per heavy atom. The quantitative estimate of drug-likeness (QED) is 0.214. The van der Waals surface area contributed by atoms with E-state index < -0.39 is 0 Å². The summed E-state index contributed by atoms with van der Waals surface area (Å²) in [6.45, 7) is 0. The standard InChI is InChI=1S/C30H20/c1-3-8-21(9-4-1)20-28(22-10-5-2-6-11-22)26-18-16-25-15-14-23-12-7-13-24-17-19-27(26)30(25)29(23)24/h1-20H. The van der Waals surface area contributed by atoms with Gasteiger partial charge in [0, 0.05) is 0 Å². The van der Waals surface area contributed by atoms with Crippen LogP contribution in [-0.4, -0.2) is 0 Å². The van der Waals surface area contributed by atoms with Crippen LogP contribution in [-0.2, 0) is 0 Å². The fourth-order valence-electron chi connectivity index (χ4n) is 4.62. The first kappa shape index (κ1) is 17.0. The molecule has 0 spiro atoms. The Labute approximate surface area is 176 Å². The molecule has 0 fully saturated rings. The molecular formula is C30H20. The first-order valence-corrected chi connectivity index (χ1v) is 10.4. The maximum absolute atomic E-state index is 2.31. The molecule has 0 unspecified atom stereocenters. The molecule has 30 heavy (non-hydrogen) atoms. The summed E-state index contributed by atoms with van der Waals surface area (Å²) in [6, 6.07) is 41.5. The van der Waals surface area contributed by atoms with E-state index in [1.54, 1.807) is 0 Å². The van der Waals surface area contributed by atoms with Crippen LogP contribution in [0.25, 0.3) is 44.0 Å². The van der Waals surface area contributed by atoms with Crippen LogP contribution >= 0.6 is 0 Å². The first-order chi connectivity index (χ1) is 14.9. The maximum atomic E-state index is 2.31. The summed E-state index contributed by atoms with van der Waals surface area (Å²) in [7, 11) is 0. The highest BCUT2D eigenvalue weighted by Gasteiger charge is 2.14. The first-order valence-electron chi connectivity index (χ1n) is 10.4. The van der Waals surface area contributed by atoms with Crippen LogP contribution in [0.3, 0.4) is 0 Å². The SMILES string of the molecule is C(=C(c1ccccc1)c1ccc2ccc3cccc4ccc1c2c34)c1ccccc1. The average Bonchev–Trinajstić information content (AvgIpc) is 2.82. The summed E-state index contributed by atoms with van der Waals surface area (Å²) in [5.41, 5.74) is 4.97. The van der Waals surface area contributed by atoms with Gasteiger partial charge in [-0.1, -0.05) is 115 Å². The van der Waals surface area contributed by atoms with Crippen molar-refractivity contribution >= 4 is 44.0 Å². The van der Waals surface area contributed by atoms with Gasteiger partial charge in [-0.25, -0.2) is 0 Å². The summed E-state index contributed by atoms with van der Waals surface area (Å²) in [4.78, 5) is 0. The minimum absolute atomic E-state index is 1.21. The van der Waals surface area contributed by atoms with Crippen LogP contribution in [0.2, 0.25) is 0 Å². The second-order valence-corrected chi connectivity index (χ2v) is 7.80. The third-order valence-electron chi connectivity index (χ3n) is 6.01. The van der Waals surface area contributed by atoms with Gasteiger partial charge in [0.1, 0.15) is 0 Å². The van der Waals surface area contributed by atoms with Gasteiger partial charge in [-0.05, 0) is 60.7 Å². The second-order valence-electron chi connectivity index (χ2n) is 7.80. The van der Waals surface area contributed by atoms with E-state index in [9.17, 15) is 0 Å². The van der Waals surface area contributed by atoms with Crippen LogP contribution in [0.4, 0.5) is 0 Å². The van der Waals surface area contributed by atoms with Crippen molar-refractivity contribution in [3.05, 3.63) is 132 Å². The molecule has 6 aromatic rings. The Morgan fingerprint density at radius 1 is 0.467 bits per heavy atom. The van der Waals surface area contributed by atoms with Gasteiger partial charge in [-0.2, -0.15) is 0 Å². The van der Waals surface area contributed by atoms with Crippen molar-refractivity contribution in [2.75, 3.05) is 0 Å². The third kappa shape index (κ3) is 2.69. The second kappa shape index (κ2) is 6.86. The number of hydrogen-bond donors (Lipinski definition) is 0. The lowest BCUT2D eigenvalue weighted by atomic mass is 9.87. The molecule has 0 heterocycles. The molecule has 0 aliphatic heterocycles. The Hall–Kier alpha value is -3.90. The lowest BCUT2D eigenvalue weighted by Gasteiger charge is -2.16. The van der Waals surface area contributed by atoms with E-state index in [0.717, 1.165) is 0 Å². The molecule has 6 aromatic carbocycles. The summed E-state index contributed by atoms with van der Waals surface area (Å²) in [5.74, 6) is 0. The molecular weight excluding hydrogens is 360 g/mol. The van der Waals surface area contributed by atoms with Crippen molar-refractivity contribution in [2.24, 2.45) is 0 Å². The zero-order chi connectivity index (χ0) is 19.9. The predicted molar refractivity (Wildman–Crippen MR) is 130 cm³/mol. The van der Waals surface area contributed by atoms with E-state index >= 15 is 0 Å². The van der Waals surface area contributed by atoms with Crippen molar-refractivity contribution in [1.29, 1.82) is 0 Å². The lowest BCUT2D eigenvalue weighted by Crippen LogP contribution is -1.92. The van der Waals surface area contributed by atoms with Crippen LogP contribution in [0, 0.1) is 0 Å². The van der Waals surface area contributed by atoms with E-state index in [4.69, 9.17) is 0 Å². The Morgan fingerprint density at radius 2 is 1.07 bits per heavy atom. The van der Waals surface area contributed by atoms with Crippen LogP contribution < -0.4 is 0 Å². The molecule has 0 heteroatoms. The smallest absolute Gasteiger partial charge is 0.00206 e. The van der Waals surface area contributed by atoms with Gasteiger partial charge in [-0.3, -0.25) is 0 Å². The molecule has 0 atom stereocenters. The minimum Gasteiger partial charge on any atom is -0.0622 e. The topological polar surface area (TPSA) is 0 Å².